The summed E-state index contributed by atoms with van der Waals surface area (Å²) in [6, 6.07) is 9.18. The number of hydrogen-bond donors (Lipinski definition) is 1. The number of amides is 1. The molecule has 20 heavy (non-hydrogen) atoms. The molecule has 6 nitrogen and oxygen atoms in total. The molecule has 0 aliphatic heterocycles. The van der Waals surface area contributed by atoms with Gasteiger partial charge in [-0.2, -0.15) is 0 Å². The molecule has 0 spiro atoms. The molecule has 6 heteroatoms. The first kappa shape index (κ1) is 16.0. The van der Waals surface area contributed by atoms with E-state index in [4.69, 9.17) is 15.3 Å². The molecule has 110 valence electrons. The average molecular weight is 280 g/mol. The molecule has 0 radical (unpaired) electrons. The van der Waals surface area contributed by atoms with Gasteiger partial charge in [0, 0.05) is 0 Å². The first-order valence-corrected chi connectivity index (χ1v) is 6.23. The molecule has 0 aliphatic carbocycles. The van der Waals surface area contributed by atoms with E-state index in [9.17, 15) is 9.59 Å². The minimum absolute atomic E-state index is 0.0989. The van der Waals surface area contributed by atoms with Crippen LogP contribution in [0.3, 0.4) is 0 Å². The van der Waals surface area contributed by atoms with E-state index in [1.54, 1.807) is 20.8 Å². The molecule has 1 aromatic carbocycles. The van der Waals surface area contributed by atoms with Crippen molar-refractivity contribution >= 4 is 12.1 Å². The smallest absolute Gasteiger partial charge is 0.424 e. The molecule has 0 saturated heterocycles. The quantitative estimate of drug-likeness (QED) is 0.394. The van der Waals surface area contributed by atoms with Crippen LogP contribution in [0.4, 0.5) is 4.79 Å². The molecule has 0 aliphatic rings. The topological polar surface area (TPSA) is 81.9 Å². The van der Waals surface area contributed by atoms with Gasteiger partial charge in [-0.3, -0.25) is 4.79 Å². The van der Waals surface area contributed by atoms with E-state index in [0.29, 0.717) is 5.01 Å². The average Bonchev–Trinajstić information content (AvgIpc) is 2.34. The Kier molecular flexibility index (Phi) is 5.52. The van der Waals surface area contributed by atoms with Gasteiger partial charge in [0.25, 0.3) is 0 Å². The summed E-state index contributed by atoms with van der Waals surface area (Å²) in [5.74, 6) is 4.87. The largest absolute Gasteiger partial charge is 0.459 e. The number of hydrazine groups is 1. The normalized spacial score (nSPS) is 10.8. The number of esters is 1. The Labute approximate surface area is 118 Å². The molecule has 1 aromatic rings. The van der Waals surface area contributed by atoms with Crippen LogP contribution in [0.5, 0.6) is 0 Å². The second kappa shape index (κ2) is 6.91. The maximum atomic E-state index is 11.6. The predicted octanol–water partition coefficient (Wildman–Crippen LogP) is 1.84. The molecule has 0 saturated carbocycles. The van der Waals surface area contributed by atoms with E-state index in [2.05, 4.69) is 0 Å². The van der Waals surface area contributed by atoms with Crippen LogP contribution in [0, 0.1) is 0 Å². The number of hydrogen-bond acceptors (Lipinski definition) is 5. The Morgan fingerprint density at radius 3 is 2.35 bits per heavy atom. The summed E-state index contributed by atoms with van der Waals surface area (Å²) in [4.78, 5) is 23.1. The lowest BCUT2D eigenvalue weighted by molar-refractivity contribution is -0.155. The molecular weight excluding hydrogens is 260 g/mol. The van der Waals surface area contributed by atoms with Crippen LogP contribution in [-0.2, 0) is 20.9 Å². The summed E-state index contributed by atoms with van der Waals surface area (Å²) in [6.07, 6.45) is -0.778. The van der Waals surface area contributed by atoms with Gasteiger partial charge < -0.3 is 9.47 Å². The molecule has 0 unspecified atom stereocenters. The van der Waals surface area contributed by atoms with Crippen LogP contribution in [0.25, 0.3) is 0 Å². The highest BCUT2D eigenvalue weighted by molar-refractivity contribution is 5.77. The van der Waals surface area contributed by atoms with Gasteiger partial charge in [-0.15, -0.1) is 0 Å². The summed E-state index contributed by atoms with van der Waals surface area (Å²) >= 11 is 0. The number of nitrogens with two attached hydrogens (primary N) is 1. The van der Waals surface area contributed by atoms with Gasteiger partial charge in [0.15, 0.2) is 0 Å². The van der Waals surface area contributed by atoms with E-state index >= 15 is 0 Å². The van der Waals surface area contributed by atoms with Crippen molar-refractivity contribution in [3.63, 3.8) is 0 Å². The third kappa shape index (κ3) is 6.19. The summed E-state index contributed by atoms with van der Waals surface area (Å²) in [5, 5.41) is 0.691. The maximum Gasteiger partial charge on any atom is 0.424 e. The number of rotatable bonds is 4. The molecular formula is C14H20N2O4. The zero-order valence-electron chi connectivity index (χ0n) is 12.0. The van der Waals surface area contributed by atoms with Crippen molar-refractivity contribution < 1.29 is 19.1 Å². The molecule has 0 heterocycles. The van der Waals surface area contributed by atoms with Crippen LogP contribution in [-0.4, -0.2) is 29.2 Å². The van der Waals surface area contributed by atoms with Gasteiger partial charge in [0.1, 0.15) is 18.8 Å². The first-order valence-electron chi connectivity index (χ1n) is 6.23. The highest BCUT2D eigenvalue weighted by Gasteiger charge is 2.21. The van der Waals surface area contributed by atoms with Gasteiger partial charge in [-0.05, 0) is 26.3 Å². The monoisotopic (exact) mass is 280 g/mol. The second-order valence-corrected chi connectivity index (χ2v) is 5.25. The fourth-order valence-corrected chi connectivity index (χ4v) is 1.38. The summed E-state index contributed by atoms with van der Waals surface area (Å²) < 4.78 is 10.0. The van der Waals surface area contributed by atoms with Gasteiger partial charge in [0.2, 0.25) is 0 Å². The fourth-order valence-electron chi connectivity index (χ4n) is 1.38. The van der Waals surface area contributed by atoms with Crippen molar-refractivity contribution in [2.24, 2.45) is 5.84 Å². The van der Waals surface area contributed by atoms with Gasteiger partial charge >= 0.3 is 12.1 Å². The van der Waals surface area contributed by atoms with Gasteiger partial charge in [0.05, 0.1) is 0 Å². The predicted molar refractivity (Wildman–Crippen MR) is 73.4 cm³/mol. The van der Waals surface area contributed by atoms with Crippen molar-refractivity contribution in [2.75, 3.05) is 6.54 Å². The van der Waals surface area contributed by atoms with Crippen molar-refractivity contribution in [3.05, 3.63) is 35.9 Å². The molecule has 2 N–H and O–H groups in total. The Balaban J connectivity index is 2.38. The minimum atomic E-state index is -0.778. The molecule has 0 aromatic heterocycles. The Morgan fingerprint density at radius 1 is 1.20 bits per heavy atom. The lowest BCUT2D eigenvalue weighted by atomic mass is 10.2. The number of benzene rings is 1. The van der Waals surface area contributed by atoms with Crippen LogP contribution in [0.1, 0.15) is 26.3 Å². The van der Waals surface area contributed by atoms with Crippen molar-refractivity contribution in [3.8, 4) is 0 Å². The Hall–Kier alpha value is -2.08. The lowest BCUT2D eigenvalue weighted by Crippen LogP contribution is -2.43. The van der Waals surface area contributed by atoms with E-state index in [0.717, 1.165) is 5.56 Å². The minimum Gasteiger partial charge on any atom is -0.459 e. The SMILES string of the molecule is CC(C)(C)OC(=O)CN(N)C(=O)OCc1ccccc1. The second-order valence-electron chi connectivity index (χ2n) is 5.25. The number of carbonyl (C=O) groups excluding carboxylic acids is 2. The maximum absolute atomic E-state index is 11.6. The molecule has 0 bridgehead atoms. The van der Waals surface area contributed by atoms with Crippen LogP contribution in [0.15, 0.2) is 30.3 Å². The highest BCUT2D eigenvalue weighted by atomic mass is 16.6. The van der Waals surface area contributed by atoms with Crippen LogP contribution < -0.4 is 5.84 Å². The molecule has 1 rings (SSSR count). The fraction of sp³-hybridized carbons (Fsp3) is 0.429. The highest BCUT2D eigenvalue weighted by Crippen LogP contribution is 2.07. The third-order valence-corrected chi connectivity index (χ3v) is 2.16. The van der Waals surface area contributed by atoms with Gasteiger partial charge in [-0.25, -0.2) is 15.6 Å². The summed E-state index contributed by atoms with van der Waals surface area (Å²) in [5.41, 5.74) is 0.220. The molecule has 0 fully saturated rings. The van der Waals surface area contributed by atoms with E-state index < -0.39 is 17.7 Å². The molecule has 1 amide bonds. The van der Waals surface area contributed by atoms with Crippen LogP contribution in [0.2, 0.25) is 0 Å². The first-order chi connectivity index (χ1) is 9.28. The standard InChI is InChI=1S/C14H20N2O4/c1-14(2,3)20-12(17)9-16(15)13(18)19-10-11-7-5-4-6-8-11/h4-8H,9-10,15H2,1-3H3. The van der Waals surface area contributed by atoms with Crippen molar-refractivity contribution in [1.29, 1.82) is 0 Å². The van der Waals surface area contributed by atoms with Gasteiger partial charge in [-0.1, -0.05) is 30.3 Å². The summed E-state index contributed by atoms with van der Waals surface area (Å²) in [7, 11) is 0. The lowest BCUT2D eigenvalue weighted by Gasteiger charge is -2.22. The van der Waals surface area contributed by atoms with Crippen molar-refractivity contribution in [2.45, 2.75) is 33.0 Å². The zero-order chi connectivity index (χ0) is 15.2. The van der Waals surface area contributed by atoms with E-state index in [1.165, 1.54) is 0 Å². The molecule has 0 atom stereocenters. The number of nitrogens with zero attached hydrogens (tertiary/aromatic N) is 1. The Morgan fingerprint density at radius 2 is 1.80 bits per heavy atom. The number of ether oxygens (including phenoxy) is 2. The van der Waals surface area contributed by atoms with Crippen LogP contribution >= 0.6 is 0 Å². The number of carbonyl (C=O) groups is 2. The van der Waals surface area contributed by atoms with Crippen molar-refractivity contribution in [1.82, 2.24) is 5.01 Å². The van der Waals surface area contributed by atoms with E-state index in [1.807, 2.05) is 30.3 Å². The third-order valence-electron chi connectivity index (χ3n) is 2.16. The van der Waals surface area contributed by atoms with E-state index in [-0.39, 0.29) is 13.2 Å². The Bertz CT molecular complexity index is 454. The summed E-state index contributed by atoms with van der Waals surface area (Å²) in [6.45, 7) is 4.95. The zero-order valence-corrected chi connectivity index (χ0v) is 12.0.